The Morgan fingerprint density at radius 3 is 2.00 bits per heavy atom. The van der Waals surface area contributed by atoms with E-state index in [9.17, 15) is 13.2 Å². The van der Waals surface area contributed by atoms with Crippen LogP contribution in [0.25, 0.3) is 0 Å². The molecule has 1 rings (SSSR count). The average molecular weight is 250 g/mol. The number of rotatable bonds is 3. The molecule has 5 heteroatoms. The lowest BCUT2D eigenvalue weighted by atomic mass is 10.0. The van der Waals surface area contributed by atoms with Crippen LogP contribution in [-0.4, -0.2) is 12.8 Å². The van der Waals surface area contributed by atoms with Crippen molar-refractivity contribution < 1.29 is 17.9 Å². The zero-order valence-corrected chi connectivity index (χ0v) is 9.90. The second-order valence-corrected chi connectivity index (χ2v) is 5.11. The average Bonchev–Trinajstić information content (AvgIpc) is 2.13. The number of thiol groups is 1. The maximum Gasteiger partial charge on any atom is 0.422 e. The molecule has 0 heterocycles. The van der Waals surface area contributed by atoms with Gasteiger partial charge in [0.2, 0.25) is 0 Å². The van der Waals surface area contributed by atoms with Crippen LogP contribution in [0.2, 0.25) is 0 Å². The Morgan fingerprint density at radius 2 is 1.62 bits per heavy atom. The van der Waals surface area contributed by atoms with E-state index in [0.717, 1.165) is 5.56 Å². The van der Waals surface area contributed by atoms with Crippen LogP contribution in [0.3, 0.4) is 0 Å². The van der Waals surface area contributed by atoms with Gasteiger partial charge in [0.25, 0.3) is 0 Å². The Bertz CT molecular complexity index is 338. The molecule has 1 aromatic rings. The summed E-state index contributed by atoms with van der Waals surface area (Å²) < 4.78 is 39.9. The van der Waals surface area contributed by atoms with Gasteiger partial charge < -0.3 is 4.74 Å². The maximum atomic E-state index is 11.9. The van der Waals surface area contributed by atoms with E-state index < -0.39 is 12.8 Å². The Balaban J connectivity index is 2.66. The minimum absolute atomic E-state index is 0.207. The predicted molar refractivity (Wildman–Crippen MR) is 60.0 cm³/mol. The van der Waals surface area contributed by atoms with Gasteiger partial charge in [-0.2, -0.15) is 25.8 Å². The molecule has 0 unspecified atom stereocenters. The third kappa shape index (κ3) is 4.35. The quantitative estimate of drug-likeness (QED) is 0.803. The van der Waals surface area contributed by atoms with E-state index in [1.165, 1.54) is 12.1 Å². The fourth-order valence-electron chi connectivity index (χ4n) is 1.12. The van der Waals surface area contributed by atoms with Gasteiger partial charge in [-0.15, -0.1) is 0 Å². The second-order valence-electron chi connectivity index (χ2n) is 3.99. The van der Waals surface area contributed by atoms with E-state index in [4.69, 9.17) is 0 Å². The molecule has 0 saturated carbocycles. The van der Waals surface area contributed by atoms with Crippen LogP contribution >= 0.6 is 12.6 Å². The molecule has 0 N–H and O–H groups in total. The lowest BCUT2D eigenvalue weighted by molar-refractivity contribution is -0.153. The van der Waals surface area contributed by atoms with Crippen molar-refractivity contribution in [3.63, 3.8) is 0 Å². The number of benzene rings is 1. The highest BCUT2D eigenvalue weighted by Gasteiger charge is 2.28. The van der Waals surface area contributed by atoms with Crippen LogP contribution in [-0.2, 0) is 4.75 Å². The van der Waals surface area contributed by atoms with Gasteiger partial charge in [0.1, 0.15) is 5.75 Å². The minimum Gasteiger partial charge on any atom is -0.484 e. The molecule has 0 amide bonds. The highest BCUT2D eigenvalue weighted by molar-refractivity contribution is 7.81. The van der Waals surface area contributed by atoms with E-state index in [2.05, 4.69) is 17.4 Å². The molecule has 0 aliphatic heterocycles. The van der Waals surface area contributed by atoms with Gasteiger partial charge in [0, 0.05) is 4.75 Å². The lowest BCUT2D eigenvalue weighted by Crippen LogP contribution is -2.19. The van der Waals surface area contributed by atoms with Crippen molar-refractivity contribution in [2.75, 3.05) is 6.61 Å². The molecule has 1 aromatic carbocycles. The van der Waals surface area contributed by atoms with Gasteiger partial charge in [-0.25, -0.2) is 0 Å². The molecular formula is C11H13F3OS. The molecule has 0 fully saturated rings. The zero-order chi connectivity index (χ0) is 12.4. The van der Waals surface area contributed by atoms with E-state index in [0.29, 0.717) is 0 Å². The smallest absolute Gasteiger partial charge is 0.422 e. The van der Waals surface area contributed by atoms with Crippen molar-refractivity contribution in [2.45, 2.75) is 24.8 Å². The molecule has 90 valence electrons. The van der Waals surface area contributed by atoms with Crippen LogP contribution in [0.5, 0.6) is 5.75 Å². The summed E-state index contributed by atoms with van der Waals surface area (Å²) in [6.45, 7) is 2.54. The molecule has 0 aliphatic rings. The number of hydrogen-bond acceptors (Lipinski definition) is 2. The molecule has 0 atom stereocenters. The van der Waals surface area contributed by atoms with Gasteiger partial charge in [0.05, 0.1) is 0 Å². The summed E-state index contributed by atoms with van der Waals surface area (Å²) in [5.41, 5.74) is 0.926. The Morgan fingerprint density at radius 1 is 1.12 bits per heavy atom. The summed E-state index contributed by atoms with van der Waals surface area (Å²) in [5, 5.41) is 0. The predicted octanol–water partition coefficient (Wildman–Crippen LogP) is 3.79. The Hall–Kier alpha value is -0.840. The third-order valence-electron chi connectivity index (χ3n) is 1.96. The second kappa shape index (κ2) is 4.57. The summed E-state index contributed by atoms with van der Waals surface area (Å²) in [6.07, 6.45) is -4.30. The largest absolute Gasteiger partial charge is 0.484 e. The van der Waals surface area contributed by atoms with Gasteiger partial charge in [-0.05, 0) is 31.5 Å². The summed E-state index contributed by atoms with van der Waals surface area (Å²) in [6, 6.07) is 6.44. The minimum atomic E-state index is -4.30. The molecule has 0 saturated heterocycles. The van der Waals surface area contributed by atoms with Crippen LogP contribution < -0.4 is 4.74 Å². The van der Waals surface area contributed by atoms with E-state index in [-0.39, 0.29) is 10.5 Å². The van der Waals surface area contributed by atoms with Crippen molar-refractivity contribution in [1.29, 1.82) is 0 Å². The molecule has 0 aromatic heterocycles. The summed E-state index contributed by atoms with van der Waals surface area (Å²) in [7, 11) is 0. The first-order valence-electron chi connectivity index (χ1n) is 4.71. The maximum absolute atomic E-state index is 11.9. The van der Waals surface area contributed by atoms with Crippen molar-refractivity contribution in [3.8, 4) is 5.75 Å². The monoisotopic (exact) mass is 250 g/mol. The first kappa shape index (κ1) is 13.2. The molecule has 0 aliphatic carbocycles. The van der Waals surface area contributed by atoms with E-state index in [1.807, 2.05) is 13.8 Å². The number of halogens is 3. The number of alkyl halides is 3. The van der Waals surface area contributed by atoms with Crippen molar-refractivity contribution >= 4 is 12.6 Å². The third-order valence-corrected chi connectivity index (χ3v) is 2.22. The normalized spacial score (nSPS) is 12.6. The fourth-order valence-corrected chi connectivity index (χ4v) is 1.27. The van der Waals surface area contributed by atoms with Gasteiger partial charge in [0.15, 0.2) is 6.61 Å². The molecular weight excluding hydrogens is 237 g/mol. The van der Waals surface area contributed by atoms with Gasteiger partial charge >= 0.3 is 6.18 Å². The highest BCUT2D eigenvalue weighted by atomic mass is 32.1. The van der Waals surface area contributed by atoms with Crippen LogP contribution in [0.1, 0.15) is 19.4 Å². The topological polar surface area (TPSA) is 9.23 Å². The lowest BCUT2D eigenvalue weighted by Gasteiger charge is -2.18. The Kier molecular flexibility index (Phi) is 3.78. The summed E-state index contributed by atoms with van der Waals surface area (Å²) >= 11 is 4.36. The number of hydrogen-bond donors (Lipinski definition) is 1. The molecule has 16 heavy (non-hydrogen) atoms. The standard InChI is InChI=1S/C11H13F3OS/c1-10(2,16)8-3-5-9(6-4-8)15-7-11(12,13)14/h3-6,16H,7H2,1-2H3. The SMILES string of the molecule is CC(C)(S)c1ccc(OCC(F)(F)F)cc1. The van der Waals surface area contributed by atoms with E-state index >= 15 is 0 Å². The summed E-state index contributed by atoms with van der Waals surface area (Å²) in [5.74, 6) is 0.207. The molecule has 0 spiro atoms. The van der Waals surface area contributed by atoms with E-state index in [1.54, 1.807) is 12.1 Å². The first-order chi connectivity index (χ1) is 7.18. The number of ether oxygens (including phenoxy) is 1. The zero-order valence-electron chi connectivity index (χ0n) is 9.01. The van der Waals surface area contributed by atoms with Gasteiger partial charge in [-0.1, -0.05) is 12.1 Å². The molecule has 0 radical (unpaired) electrons. The van der Waals surface area contributed by atoms with Crippen LogP contribution in [0, 0.1) is 0 Å². The van der Waals surface area contributed by atoms with Crippen molar-refractivity contribution in [3.05, 3.63) is 29.8 Å². The van der Waals surface area contributed by atoms with Crippen molar-refractivity contribution in [1.82, 2.24) is 0 Å². The Labute approximate surface area is 98.0 Å². The fraction of sp³-hybridized carbons (Fsp3) is 0.455. The molecule has 0 bridgehead atoms. The van der Waals surface area contributed by atoms with Crippen LogP contribution in [0.15, 0.2) is 24.3 Å². The van der Waals surface area contributed by atoms with Crippen LogP contribution in [0.4, 0.5) is 13.2 Å². The highest BCUT2D eigenvalue weighted by Crippen LogP contribution is 2.28. The molecule has 1 nitrogen and oxygen atoms in total. The first-order valence-corrected chi connectivity index (χ1v) is 5.16. The summed E-state index contributed by atoms with van der Waals surface area (Å²) in [4.78, 5) is 0. The van der Waals surface area contributed by atoms with Gasteiger partial charge in [-0.3, -0.25) is 0 Å². The van der Waals surface area contributed by atoms with Crippen molar-refractivity contribution in [2.24, 2.45) is 0 Å².